The van der Waals surface area contributed by atoms with E-state index in [4.69, 9.17) is 0 Å². The first-order chi connectivity index (χ1) is 9.45. The van der Waals surface area contributed by atoms with Gasteiger partial charge < -0.3 is 12.4 Å². The fourth-order valence-electron chi connectivity index (χ4n) is 1.84. The molecular weight excluding hydrogens is 478 g/mol. The first kappa shape index (κ1) is 18.1. The minimum absolute atomic E-state index is 0. The summed E-state index contributed by atoms with van der Waals surface area (Å²) in [5.41, 5.74) is 0. The Kier molecular flexibility index (Phi) is 7.90. The van der Waals surface area contributed by atoms with Crippen molar-refractivity contribution in [2.24, 2.45) is 0 Å². The van der Waals surface area contributed by atoms with Crippen molar-refractivity contribution in [1.82, 2.24) is 0 Å². The molecule has 0 fully saturated rings. The zero-order valence-corrected chi connectivity index (χ0v) is 16.0. The van der Waals surface area contributed by atoms with Gasteiger partial charge in [-0.1, -0.05) is 0 Å². The number of rotatable bonds is 3. The van der Waals surface area contributed by atoms with Crippen molar-refractivity contribution in [3.05, 3.63) is 91.0 Å². The van der Waals surface area contributed by atoms with Crippen molar-refractivity contribution in [2.45, 2.75) is 0 Å². The van der Waals surface area contributed by atoms with Gasteiger partial charge in [-0.05, 0) is 0 Å². The molecule has 0 saturated carbocycles. The molecular formula is C18H18ClPPt. The number of hydrogen-bond acceptors (Lipinski definition) is 0. The van der Waals surface area contributed by atoms with Crippen LogP contribution in [0.25, 0.3) is 0 Å². The Morgan fingerprint density at radius 1 is 0.429 bits per heavy atom. The van der Waals surface area contributed by atoms with Gasteiger partial charge in [-0.3, -0.25) is 0 Å². The number of benzene rings is 3. The van der Waals surface area contributed by atoms with E-state index in [0.29, 0.717) is 0 Å². The second kappa shape index (κ2) is 9.16. The molecule has 1 unspecified atom stereocenters. The minimum atomic E-state index is -1.52. The molecule has 0 aromatic heterocycles. The molecule has 0 amide bonds. The monoisotopic (exact) mass is 495 g/mol. The van der Waals surface area contributed by atoms with Crippen LogP contribution in [-0.2, 0) is 17.3 Å². The van der Waals surface area contributed by atoms with Crippen LogP contribution < -0.4 is 24.3 Å². The van der Waals surface area contributed by atoms with Crippen molar-refractivity contribution in [3.8, 4) is 0 Å². The Balaban J connectivity index is 0.00000110. The van der Waals surface area contributed by atoms with Crippen LogP contribution in [0.5, 0.6) is 0 Å². The molecule has 3 aromatic rings. The molecule has 0 spiro atoms. The van der Waals surface area contributed by atoms with Gasteiger partial charge in [0.2, 0.25) is 0 Å². The van der Waals surface area contributed by atoms with Gasteiger partial charge in [-0.15, -0.1) is 0 Å². The molecule has 3 rings (SSSR count). The van der Waals surface area contributed by atoms with E-state index in [-0.39, 0.29) is 22.3 Å². The quantitative estimate of drug-likeness (QED) is 0.436. The molecule has 112 valence electrons. The first-order valence-electron chi connectivity index (χ1n) is 6.21. The third-order valence-corrected chi connectivity index (χ3v) is 8.89. The molecule has 0 aliphatic rings. The second-order valence-corrected chi connectivity index (χ2v) is 9.66. The number of hydrogen-bond donors (Lipinski definition) is 0. The van der Waals surface area contributed by atoms with E-state index in [1.54, 1.807) is 0 Å². The molecule has 1 atom stereocenters. The summed E-state index contributed by atoms with van der Waals surface area (Å²) in [7, 11) is 0. The van der Waals surface area contributed by atoms with Crippen LogP contribution in [0.15, 0.2) is 91.0 Å². The predicted molar refractivity (Wildman–Crippen MR) is 89.3 cm³/mol. The van der Waals surface area contributed by atoms with Crippen LogP contribution in [0.4, 0.5) is 0 Å². The molecule has 0 radical (unpaired) electrons. The van der Waals surface area contributed by atoms with E-state index in [2.05, 4.69) is 91.0 Å². The summed E-state index contributed by atoms with van der Waals surface area (Å²) < 4.78 is 4.47. The topological polar surface area (TPSA) is 0 Å². The van der Waals surface area contributed by atoms with Gasteiger partial charge in [0, 0.05) is 0 Å². The molecule has 21 heavy (non-hydrogen) atoms. The summed E-state index contributed by atoms with van der Waals surface area (Å²) >= 11 is -1.52. The van der Waals surface area contributed by atoms with Crippen LogP contribution in [0.3, 0.4) is 0 Å². The van der Waals surface area contributed by atoms with Gasteiger partial charge in [0.15, 0.2) is 0 Å². The van der Waals surface area contributed by atoms with Crippen molar-refractivity contribution < 1.29 is 29.7 Å². The van der Waals surface area contributed by atoms with Crippen molar-refractivity contribution >= 4 is 21.8 Å². The van der Waals surface area contributed by atoms with E-state index >= 15 is 0 Å². The molecule has 3 aromatic carbocycles. The Morgan fingerprint density at radius 2 is 0.667 bits per heavy atom. The van der Waals surface area contributed by atoms with Gasteiger partial charge in [-0.2, -0.15) is 9.90 Å². The fraction of sp³-hybridized carbons (Fsp3) is 0. The van der Waals surface area contributed by atoms with E-state index in [0.717, 1.165) is 0 Å². The zero-order valence-electron chi connectivity index (χ0n) is 11.6. The van der Waals surface area contributed by atoms with Crippen molar-refractivity contribution in [2.75, 3.05) is 0 Å². The van der Waals surface area contributed by atoms with E-state index in [9.17, 15) is 0 Å². The predicted octanol–water partition coefficient (Wildman–Crippen LogP) is -0.357. The average Bonchev–Trinajstić information content (AvgIpc) is 2.51. The first-order valence-corrected chi connectivity index (χ1v) is 9.61. The summed E-state index contributed by atoms with van der Waals surface area (Å²) in [6.07, 6.45) is 0. The molecule has 0 saturated heterocycles. The Morgan fingerprint density at radius 3 is 0.905 bits per heavy atom. The summed E-state index contributed by atoms with van der Waals surface area (Å²) in [4.78, 5) is 0. The van der Waals surface area contributed by atoms with Gasteiger partial charge >= 0.3 is 120 Å². The van der Waals surface area contributed by atoms with Crippen LogP contribution in [-0.4, -0.2) is 0 Å². The van der Waals surface area contributed by atoms with Crippen LogP contribution in [0, 0.1) is 0 Å². The maximum atomic E-state index is 2.27. The van der Waals surface area contributed by atoms with Gasteiger partial charge in [0.25, 0.3) is 0 Å². The van der Waals surface area contributed by atoms with Gasteiger partial charge in [0.05, 0.1) is 0 Å². The maximum absolute atomic E-state index is 2.27. The fourth-order valence-corrected chi connectivity index (χ4v) is 7.70. The molecule has 0 aliphatic carbocycles. The van der Waals surface area contributed by atoms with Gasteiger partial charge in [0.1, 0.15) is 0 Å². The Labute approximate surface area is 142 Å². The van der Waals surface area contributed by atoms with Crippen molar-refractivity contribution in [1.29, 1.82) is 0 Å². The standard InChI is InChI=1S/3C6H5.ClH.H3P.Pt/c3*1-2-4-6-5-3-1;;;/h3*1-5H;1H;1H3;/q;;;;;+1/p-1. The zero-order chi connectivity index (χ0) is 12.9. The average molecular weight is 496 g/mol. The summed E-state index contributed by atoms with van der Waals surface area (Å²) in [5.74, 6) is 0. The second-order valence-electron chi connectivity index (χ2n) is 4.02. The summed E-state index contributed by atoms with van der Waals surface area (Å²) in [6.45, 7) is 0. The number of halogens is 1. The molecule has 3 heteroatoms. The Bertz CT molecular complexity index is 535. The van der Waals surface area contributed by atoms with Gasteiger partial charge in [-0.25, -0.2) is 0 Å². The Hall–Kier alpha value is -0.932. The molecule has 0 nitrogen and oxygen atoms in total. The normalized spacial score (nSPS) is 10.0. The van der Waals surface area contributed by atoms with E-state index < -0.39 is 17.3 Å². The third-order valence-electron chi connectivity index (χ3n) is 2.69. The third kappa shape index (κ3) is 4.52. The van der Waals surface area contributed by atoms with Crippen LogP contribution in [0.2, 0.25) is 0 Å². The van der Waals surface area contributed by atoms with Crippen LogP contribution in [0.1, 0.15) is 0 Å². The molecule has 0 heterocycles. The molecule has 0 bridgehead atoms. The summed E-state index contributed by atoms with van der Waals surface area (Å²) in [6, 6.07) is 32.8. The molecule has 0 N–H and O–H groups in total. The van der Waals surface area contributed by atoms with Crippen molar-refractivity contribution in [3.63, 3.8) is 0 Å². The summed E-state index contributed by atoms with van der Waals surface area (Å²) in [5, 5.41) is 0. The van der Waals surface area contributed by atoms with E-state index in [1.807, 2.05) is 0 Å². The van der Waals surface area contributed by atoms with Crippen LogP contribution >= 0.6 is 9.90 Å². The van der Waals surface area contributed by atoms with E-state index in [1.165, 1.54) is 11.9 Å². The molecule has 0 aliphatic heterocycles. The SMILES string of the molecule is P.[Cl-].c1cc[c]([Pt+]([c]2ccccc2)[c]2ccccc2)cc1.